The molecule has 2 aromatic rings. The molecular weight excluding hydrogens is 561 g/mol. The van der Waals surface area contributed by atoms with E-state index >= 15 is 0 Å². The van der Waals surface area contributed by atoms with Gasteiger partial charge >= 0.3 is 30.9 Å². The number of carboxylic acid groups (broad SMARTS) is 1. The number of urea groups is 1. The number of nitrogens with one attached hydrogen (secondary N) is 2. The van der Waals surface area contributed by atoms with Gasteiger partial charge in [-0.15, -0.1) is 0 Å². The third kappa shape index (κ3) is 6.27. The van der Waals surface area contributed by atoms with Gasteiger partial charge in [0.1, 0.15) is 11.8 Å². The summed E-state index contributed by atoms with van der Waals surface area (Å²) in [5, 5.41) is 25.4. The van der Waals surface area contributed by atoms with Crippen molar-refractivity contribution in [3.05, 3.63) is 59.2 Å². The summed E-state index contributed by atoms with van der Waals surface area (Å²) in [6.07, 6.45) is 0.0615. The van der Waals surface area contributed by atoms with E-state index in [2.05, 4.69) is 15.5 Å². The predicted octanol–water partition coefficient (Wildman–Crippen LogP) is -0.198. The van der Waals surface area contributed by atoms with Crippen molar-refractivity contribution in [1.82, 2.24) is 20.4 Å². The quantitative estimate of drug-likeness (QED) is 0.248. The van der Waals surface area contributed by atoms with Crippen LogP contribution in [-0.4, -0.2) is 109 Å². The second-order valence-corrected chi connectivity index (χ2v) is 10.3. The van der Waals surface area contributed by atoms with E-state index in [1.54, 1.807) is 25.1 Å². The molecule has 14 nitrogen and oxygen atoms in total. The molecule has 2 fully saturated rings. The lowest BCUT2D eigenvalue weighted by Crippen LogP contribution is -2.60. The molecular formula is C28H32BN5O9. The van der Waals surface area contributed by atoms with Crippen molar-refractivity contribution in [2.24, 2.45) is 0 Å². The molecule has 3 aliphatic heterocycles. The summed E-state index contributed by atoms with van der Waals surface area (Å²) in [7, 11) is -1.57. The third-order valence-corrected chi connectivity index (χ3v) is 7.75. The average Bonchev–Trinajstić information content (AvgIpc) is 3.01. The number of likely N-dealkylation sites (N-methyl/N-ethyl adjacent to an activating group) is 1. The maximum Gasteiger partial charge on any atom is 0.547 e. The van der Waals surface area contributed by atoms with Crippen molar-refractivity contribution < 1.29 is 43.5 Å². The van der Waals surface area contributed by atoms with Crippen LogP contribution < -0.4 is 20.2 Å². The number of fused-ring (bicyclic) bond motifs is 1. The van der Waals surface area contributed by atoms with Crippen LogP contribution in [0.3, 0.4) is 0 Å². The molecule has 15 heteroatoms. The molecule has 0 aliphatic carbocycles. The number of carboxylic acids is 1. The smallest absolute Gasteiger partial charge is 0.534 e. The monoisotopic (exact) mass is 593 g/mol. The van der Waals surface area contributed by atoms with Gasteiger partial charge in [0, 0.05) is 38.4 Å². The molecule has 5 amide bonds. The molecule has 3 aliphatic rings. The molecule has 5 rings (SSSR count). The SMILES string of the molecule is CCN1CCN(C(=O)NC(C(=O)N[C@H]2Cc3cccc(C(=O)O)c3OB2O)c2ccc(N3CCOCC3)cc2)C(=O)C1=O. The second-order valence-electron chi connectivity index (χ2n) is 10.3. The first-order valence-electron chi connectivity index (χ1n) is 14.0. The van der Waals surface area contributed by atoms with Crippen molar-refractivity contribution in [2.45, 2.75) is 25.3 Å². The fraction of sp³-hybridized carbons (Fsp3) is 0.393. The maximum atomic E-state index is 13.7. The zero-order valence-corrected chi connectivity index (χ0v) is 23.5. The Hall–Kier alpha value is -4.63. The molecule has 226 valence electrons. The summed E-state index contributed by atoms with van der Waals surface area (Å²) < 4.78 is 10.9. The zero-order valence-electron chi connectivity index (χ0n) is 23.5. The van der Waals surface area contributed by atoms with Gasteiger partial charge in [-0.3, -0.25) is 19.3 Å². The standard InChI is InChI=1S/C28H32BN5O9/c1-2-32-10-11-34(26(37)25(32)36)28(40)31-22(17-6-8-19(9-7-17)33-12-14-42-15-13-33)24(35)30-21-16-18-4-3-5-20(27(38)39)23(18)43-29(21)41/h3-9,21-22,41H,2,10-16H2,1H3,(H,30,35)(H,31,40)(H,38,39)/t21-,22?/m0/s1. The molecule has 4 N–H and O–H groups in total. The molecule has 0 aromatic heterocycles. The number of rotatable bonds is 7. The van der Waals surface area contributed by atoms with Crippen molar-refractivity contribution in [1.29, 1.82) is 0 Å². The highest BCUT2D eigenvalue weighted by atomic mass is 16.5. The van der Waals surface area contributed by atoms with Crippen molar-refractivity contribution >= 4 is 42.5 Å². The van der Waals surface area contributed by atoms with Crippen LogP contribution in [0.15, 0.2) is 42.5 Å². The van der Waals surface area contributed by atoms with Crippen LogP contribution in [0.4, 0.5) is 10.5 Å². The Morgan fingerprint density at radius 1 is 1.02 bits per heavy atom. The number of benzene rings is 2. The highest BCUT2D eigenvalue weighted by molar-refractivity contribution is 6.47. The van der Waals surface area contributed by atoms with E-state index in [4.69, 9.17) is 9.39 Å². The molecule has 3 heterocycles. The number of ether oxygens (including phenoxy) is 1. The number of hydrogen-bond donors (Lipinski definition) is 4. The van der Waals surface area contributed by atoms with Crippen LogP contribution in [0, 0.1) is 0 Å². The van der Waals surface area contributed by atoms with Gasteiger partial charge in [-0.2, -0.15) is 0 Å². The van der Waals surface area contributed by atoms with Gasteiger partial charge in [-0.05, 0) is 42.7 Å². The zero-order chi connectivity index (χ0) is 30.7. The number of piperazine rings is 1. The van der Waals surface area contributed by atoms with Crippen molar-refractivity contribution in [3.8, 4) is 5.75 Å². The van der Waals surface area contributed by atoms with Crippen LogP contribution in [-0.2, 0) is 25.5 Å². The fourth-order valence-corrected chi connectivity index (χ4v) is 5.35. The lowest BCUT2D eigenvalue weighted by Gasteiger charge is -2.33. The fourth-order valence-electron chi connectivity index (χ4n) is 5.35. The average molecular weight is 593 g/mol. The summed E-state index contributed by atoms with van der Waals surface area (Å²) in [5.74, 6) is -4.68. The van der Waals surface area contributed by atoms with E-state index in [-0.39, 0.29) is 30.8 Å². The molecule has 1 unspecified atom stereocenters. The van der Waals surface area contributed by atoms with Gasteiger partial charge in [0.05, 0.1) is 24.7 Å². The first kappa shape index (κ1) is 29.9. The number of amides is 5. The highest BCUT2D eigenvalue weighted by Crippen LogP contribution is 2.30. The normalized spacial score (nSPS) is 19.3. The minimum atomic E-state index is -1.57. The molecule has 0 bridgehead atoms. The van der Waals surface area contributed by atoms with E-state index in [1.165, 1.54) is 17.0 Å². The van der Waals surface area contributed by atoms with E-state index in [1.807, 2.05) is 12.1 Å². The Morgan fingerprint density at radius 2 is 1.74 bits per heavy atom. The number of anilines is 1. The van der Waals surface area contributed by atoms with Gasteiger partial charge < -0.3 is 40.0 Å². The Morgan fingerprint density at radius 3 is 2.42 bits per heavy atom. The summed E-state index contributed by atoms with van der Waals surface area (Å²) >= 11 is 0. The number of nitrogens with zero attached hydrogens (tertiary/aromatic N) is 3. The van der Waals surface area contributed by atoms with E-state index < -0.39 is 48.8 Å². The van der Waals surface area contributed by atoms with E-state index in [0.29, 0.717) is 44.0 Å². The molecule has 0 spiro atoms. The highest BCUT2D eigenvalue weighted by Gasteiger charge is 2.41. The lowest BCUT2D eigenvalue weighted by molar-refractivity contribution is -0.153. The number of carbonyl (C=O) groups excluding carboxylic acids is 4. The number of imide groups is 1. The van der Waals surface area contributed by atoms with Gasteiger partial charge in [0.15, 0.2) is 0 Å². The topological polar surface area (TPSA) is 178 Å². The maximum absolute atomic E-state index is 13.7. The Balaban J connectivity index is 1.37. The Bertz CT molecular complexity index is 1420. The third-order valence-electron chi connectivity index (χ3n) is 7.75. The molecule has 2 saturated heterocycles. The van der Waals surface area contributed by atoms with Crippen LogP contribution in [0.2, 0.25) is 0 Å². The minimum Gasteiger partial charge on any atom is -0.534 e. The molecule has 0 radical (unpaired) electrons. The minimum absolute atomic E-state index is 0.0194. The summed E-state index contributed by atoms with van der Waals surface area (Å²) in [6.45, 7) is 4.76. The largest absolute Gasteiger partial charge is 0.547 e. The molecule has 43 heavy (non-hydrogen) atoms. The van der Waals surface area contributed by atoms with Gasteiger partial charge in [0.25, 0.3) is 0 Å². The van der Waals surface area contributed by atoms with Crippen LogP contribution in [0.25, 0.3) is 0 Å². The number of para-hydroxylation sites is 1. The summed E-state index contributed by atoms with van der Waals surface area (Å²) in [4.78, 5) is 67.8. The summed E-state index contributed by atoms with van der Waals surface area (Å²) in [6, 6.07) is 9.28. The Labute approximate surface area is 247 Å². The van der Waals surface area contributed by atoms with E-state index in [0.717, 1.165) is 10.6 Å². The van der Waals surface area contributed by atoms with Gasteiger partial charge in [0.2, 0.25) is 5.91 Å². The lowest BCUT2D eigenvalue weighted by atomic mass is 9.72. The predicted molar refractivity (Wildman–Crippen MR) is 152 cm³/mol. The Kier molecular flexibility index (Phi) is 8.82. The van der Waals surface area contributed by atoms with Crippen LogP contribution in [0.5, 0.6) is 5.75 Å². The van der Waals surface area contributed by atoms with E-state index in [9.17, 15) is 34.1 Å². The van der Waals surface area contributed by atoms with Gasteiger partial charge in [-0.25, -0.2) is 9.59 Å². The van der Waals surface area contributed by atoms with Crippen LogP contribution >= 0.6 is 0 Å². The van der Waals surface area contributed by atoms with Crippen LogP contribution in [0.1, 0.15) is 34.5 Å². The number of carbonyl (C=O) groups is 5. The molecule has 0 saturated carbocycles. The molecule has 2 atom stereocenters. The summed E-state index contributed by atoms with van der Waals surface area (Å²) in [5.41, 5.74) is 1.66. The van der Waals surface area contributed by atoms with Gasteiger partial charge in [-0.1, -0.05) is 24.3 Å². The van der Waals surface area contributed by atoms with Crippen molar-refractivity contribution in [2.75, 3.05) is 50.8 Å². The first-order chi connectivity index (χ1) is 20.7. The number of hydrogen-bond acceptors (Lipinski definition) is 9. The number of aromatic carboxylic acids is 1. The first-order valence-corrected chi connectivity index (χ1v) is 14.0. The number of morpholine rings is 1. The molecule has 2 aromatic carbocycles. The van der Waals surface area contributed by atoms with Crippen molar-refractivity contribution in [3.63, 3.8) is 0 Å². The second kappa shape index (κ2) is 12.7.